The van der Waals surface area contributed by atoms with Crippen LogP contribution < -0.4 is 5.32 Å². The molecule has 1 fully saturated rings. The van der Waals surface area contributed by atoms with Gasteiger partial charge in [0, 0.05) is 18.0 Å². The van der Waals surface area contributed by atoms with E-state index in [0.29, 0.717) is 12.6 Å². The van der Waals surface area contributed by atoms with Crippen LogP contribution in [0.15, 0.2) is 12.5 Å². The SMILES string of the molecule is CC(C)(C)OC(=O)NCc1cncn1C1CCCSC1. The molecule has 0 bridgehead atoms. The lowest BCUT2D eigenvalue weighted by molar-refractivity contribution is 0.0522. The van der Waals surface area contributed by atoms with Gasteiger partial charge in [-0.05, 0) is 39.4 Å². The van der Waals surface area contributed by atoms with Crippen LogP contribution in [0.3, 0.4) is 0 Å². The third-order valence-corrected chi connectivity index (χ3v) is 4.29. The highest BCUT2D eigenvalue weighted by Gasteiger charge is 2.19. The quantitative estimate of drug-likeness (QED) is 0.932. The lowest BCUT2D eigenvalue weighted by Crippen LogP contribution is -2.33. The van der Waals surface area contributed by atoms with Gasteiger partial charge in [0.2, 0.25) is 0 Å². The first kappa shape index (κ1) is 15.2. The zero-order chi connectivity index (χ0) is 14.6. The van der Waals surface area contributed by atoms with Gasteiger partial charge in [0.05, 0.1) is 18.6 Å². The minimum absolute atomic E-state index is 0.386. The van der Waals surface area contributed by atoms with Crippen molar-refractivity contribution in [1.29, 1.82) is 0 Å². The standard InChI is InChI=1S/C14H23N3O2S/c1-14(2,3)19-13(18)16-8-12-7-15-10-17(12)11-5-4-6-20-9-11/h7,10-11H,4-6,8-9H2,1-3H3,(H,16,18). The minimum atomic E-state index is -0.468. The molecule has 2 heterocycles. The van der Waals surface area contributed by atoms with Gasteiger partial charge in [0.15, 0.2) is 0 Å². The average molecular weight is 297 g/mol. The summed E-state index contributed by atoms with van der Waals surface area (Å²) in [5, 5.41) is 2.79. The molecule has 20 heavy (non-hydrogen) atoms. The fraction of sp³-hybridized carbons (Fsp3) is 0.714. The monoisotopic (exact) mass is 297 g/mol. The summed E-state index contributed by atoms with van der Waals surface area (Å²) < 4.78 is 7.42. The lowest BCUT2D eigenvalue weighted by atomic mass is 10.2. The number of ether oxygens (including phenoxy) is 1. The van der Waals surface area contributed by atoms with E-state index in [0.717, 1.165) is 11.4 Å². The van der Waals surface area contributed by atoms with Crippen LogP contribution in [0.1, 0.15) is 45.3 Å². The summed E-state index contributed by atoms with van der Waals surface area (Å²) in [6.07, 6.45) is 5.72. The van der Waals surface area contributed by atoms with Gasteiger partial charge in [-0.1, -0.05) is 0 Å². The number of nitrogens with zero attached hydrogens (tertiary/aromatic N) is 2. The second-order valence-corrected chi connectivity index (χ2v) is 7.17. The van der Waals surface area contributed by atoms with E-state index < -0.39 is 5.60 Å². The summed E-state index contributed by atoms with van der Waals surface area (Å²) >= 11 is 1.98. The molecule has 0 spiro atoms. The zero-order valence-corrected chi connectivity index (χ0v) is 13.2. The van der Waals surface area contributed by atoms with Crippen LogP contribution in [0, 0.1) is 0 Å². The number of aromatic nitrogens is 2. The van der Waals surface area contributed by atoms with E-state index >= 15 is 0 Å². The number of thioether (sulfide) groups is 1. The first-order valence-corrected chi connectivity index (χ1v) is 8.16. The van der Waals surface area contributed by atoms with Gasteiger partial charge < -0.3 is 14.6 Å². The first-order chi connectivity index (χ1) is 9.46. The van der Waals surface area contributed by atoms with E-state index in [1.165, 1.54) is 18.6 Å². The molecule has 6 heteroatoms. The number of nitrogens with one attached hydrogen (secondary N) is 1. The number of carbonyl (C=O) groups is 1. The van der Waals surface area contributed by atoms with Crippen molar-refractivity contribution in [3.63, 3.8) is 0 Å². The second kappa shape index (κ2) is 6.52. The van der Waals surface area contributed by atoms with Gasteiger partial charge in [-0.3, -0.25) is 0 Å². The zero-order valence-electron chi connectivity index (χ0n) is 12.4. The molecule has 0 aliphatic carbocycles. The van der Waals surface area contributed by atoms with Gasteiger partial charge in [-0.2, -0.15) is 11.8 Å². The number of hydrogen-bond donors (Lipinski definition) is 1. The fourth-order valence-electron chi connectivity index (χ4n) is 2.22. The predicted octanol–water partition coefficient (Wildman–Crippen LogP) is 2.98. The molecule has 1 N–H and O–H groups in total. The Kier molecular flexibility index (Phi) is 4.96. The highest BCUT2D eigenvalue weighted by atomic mass is 32.2. The van der Waals surface area contributed by atoms with Crippen LogP contribution in [-0.4, -0.2) is 32.8 Å². The smallest absolute Gasteiger partial charge is 0.407 e. The van der Waals surface area contributed by atoms with Crippen molar-refractivity contribution in [3.8, 4) is 0 Å². The summed E-state index contributed by atoms with van der Waals surface area (Å²) in [5.74, 6) is 2.37. The Morgan fingerprint density at radius 2 is 2.40 bits per heavy atom. The molecule has 1 aliphatic rings. The van der Waals surface area contributed by atoms with E-state index in [-0.39, 0.29) is 6.09 Å². The Bertz CT molecular complexity index is 448. The maximum Gasteiger partial charge on any atom is 0.407 e. The van der Waals surface area contributed by atoms with Gasteiger partial charge in [-0.25, -0.2) is 9.78 Å². The van der Waals surface area contributed by atoms with Crippen molar-refractivity contribution in [3.05, 3.63) is 18.2 Å². The Morgan fingerprint density at radius 1 is 1.60 bits per heavy atom. The summed E-state index contributed by atoms with van der Waals surface area (Å²) in [5.41, 5.74) is 0.563. The molecule has 112 valence electrons. The number of amides is 1. The van der Waals surface area contributed by atoms with Crippen LogP contribution in [0.4, 0.5) is 4.79 Å². The molecular formula is C14H23N3O2S. The highest BCUT2D eigenvalue weighted by Crippen LogP contribution is 2.27. The maximum atomic E-state index is 11.7. The van der Waals surface area contributed by atoms with Gasteiger partial charge in [0.1, 0.15) is 5.60 Å². The molecule has 5 nitrogen and oxygen atoms in total. The third kappa shape index (κ3) is 4.44. The molecule has 1 saturated heterocycles. The Balaban J connectivity index is 1.90. The van der Waals surface area contributed by atoms with E-state index in [4.69, 9.17) is 4.74 Å². The molecular weight excluding hydrogens is 274 g/mol. The number of carbonyl (C=O) groups excluding carboxylic acids is 1. The third-order valence-electron chi connectivity index (χ3n) is 3.09. The van der Waals surface area contributed by atoms with Crippen molar-refractivity contribution >= 4 is 17.9 Å². The van der Waals surface area contributed by atoms with E-state index in [1.807, 2.05) is 45.1 Å². The molecule has 0 aromatic carbocycles. The van der Waals surface area contributed by atoms with Crippen molar-refractivity contribution in [2.24, 2.45) is 0 Å². The van der Waals surface area contributed by atoms with Crippen LogP contribution in [0.5, 0.6) is 0 Å². The van der Waals surface area contributed by atoms with Crippen LogP contribution >= 0.6 is 11.8 Å². The van der Waals surface area contributed by atoms with Crippen molar-refractivity contribution in [2.75, 3.05) is 11.5 Å². The molecule has 1 aromatic rings. The van der Waals surface area contributed by atoms with Crippen LogP contribution in [0.25, 0.3) is 0 Å². The summed E-state index contributed by atoms with van der Waals surface area (Å²) in [6, 6.07) is 0.492. The summed E-state index contributed by atoms with van der Waals surface area (Å²) in [7, 11) is 0. The normalized spacial score (nSPS) is 19.6. The number of hydrogen-bond acceptors (Lipinski definition) is 4. The molecule has 1 aromatic heterocycles. The van der Waals surface area contributed by atoms with E-state index in [9.17, 15) is 4.79 Å². The Morgan fingerprint density at radius 3 is 3.05 bits per heavy atom. The average Bonchev–Trinajstić information content (AvgIpc) is 2.83. The van der Waals surface area contributed by atoms with Crippen LogP contribution in [0.2, 0.25) is 0 Å². The predicted molar refractivity (Wildman–Crippen MR) is 80.9 cm³/mol. The lowest BCUT2D eigenvalue weighted by Gasteiger charge is -2.25. The molecule has 0 radical (unpaired) electrons. The van der Waals surface area contributed by atoms with Gasteiger partial charge in [-0.15, -0.1) is 0 Å². The second-order valence-electron chi connectivity index (χ2n) is 6.02. The molecule has 0 saturated carbocycles. The Hall–Kier alpha value is -1.17. The van der Waals surface area contributed by atoms with Crippen molar-refractivity contribution in [2.45, 2.75) is 51.8 Å². The minimum Gasteiger partial charge on any atom is -0.444 e. The van der Waals surface area contributed by atoms with E-state index in [1.54, 1.807) is 0 Å². The topological polar surface area (TPSA) is 56.1 Å². The molecule has 1 atom stereocenters. The fourth-order valence-corrected chi connectivity index (χ4v) is 3.35. The van der Waals surface area contributed by atoms with E-state index in [2.05, 4.69) is 14.9 Å². The van der Waals surface area contributed by atoms with Gasteiger partial charge >= 0.3 is 6.09 Å². The first-order valence-electron chi connectivity index (χ1n) is 7.01. The van der Waals surface area contributed by atoms with Gasteiger partial charge in [0.25, 0.3) is 0 Å². The maximum absolute atomic E-state index is 11.7. The number of imidazole rings is 1. The molecule has 1 amide bonds. The molecule has 2 rings (SSSR count). The Labute approximate surface area is 124 Å². The summed E-state index contributed by atoms with van der Waals surface area (Å²) in [6.45, 7) is 6.03. The summed E-state index contributed by atoms with van der Waals surface area (Å²) in [4.78, 5) is 15.9. The largest absolute Gasteiger partial charge is 0.444 e. The number of alkyl carbamates (subject to hydrolysis) is 1. The van der Waals surface area contributed by atoms with Crippen molar-refractivity contribution < 1.29 is 9.53 Å². The molecule has 1 aliphatic heterocycles. The highest BCUT2D eigenvalue weighted by molar-refractivity contribution is 7.99. The number of rotatable bonds is 3. The molecule has 1 unspecified atom stereocenters. The van der Waals surface area contributed by atoms with Crippen LogP contribution in [-0.2, 0) is 11.3 Å². The van der Waals surface area contributed by atoms with Crippen molar-refractivity contribution in [1.82, 2.24) is 14.9 Å².